The lowest BCUT2D eigenvalue weighted by Crippen LogP contribution is -2.40. The fourth-order valence-corrected chi connectivity index (χ4v) is 6.63. The average molecular weight is 699 g/mol. The fourth-order valence-electron chi connectivity index (χ4n) is 4.04. The molecule has 1 aromatic heterocycles. The first kappa shape index (κ1) is 27.4. The van der Waals surface area contributed by atoms with Crippen LogP contribution in [-0.4, -0.2) is 36.0 Å². The van der Waals surface area contributed by atoms with Crippen molar-refractivity contribution >= 4 is 61.9 Å². The smallest absolute Gasteiger partial charge is 0.338 e. The van der Waals surface area contributed by atoms with Crippen molar-refractivity contribution in [2.75, 3.05) is 14.2 Å². The number of carbonyl (C=O) groups is 1. The number of fused-ring (bicyclic) bond motifs is 1. The third-order valence-electron chi connectivity index (χ3n) is 5.66. The lowest BCUT2D eigenvalue weighted by atomic mass is 9.94. The highest BCUT2D eigenvalue weighted by Gasteiger charge is 2.35. The molecule has 1 aliphatic rings. The number of esters is 1. The van der Waals surface area contributed by atoms with Crippen molar-refractivity contribution in [1.82, 2.24) is 4.57 Å². The van der Waals surface area contributed by atoms with E-state index >= 15 is 0 Å². The van der Waals surface area contributed by atoms with E-state index in [1.807, 2.05) is 22.6 Å². The molecule has 0 radical (unpaired) electrons. The van der Waals surface area contributed by atoms with Gasteiger partial charge in [0, 0.05) is 15.6 Å². The van der Waals surface area contributed by atoms with Gasteiger partial charge in [-0.3, -0.25) is 9.36 Å². The predicted octanol–water partition coefficient (Wildman–Crippen LogP) is 4.28. The average Bonchev–Trinajstić information content (AvgIpc) is 3.14. The van der Waals surface area contributed by atoms with E-state index < -0.39 is 12.0 Å². The first-order chi connectivity index (χ1) is 17.5. The largest absolute Gasteiger partial charge is 0.506 e. The third-order valence-corrected chi connectivity index (χ3v) is 7.92. The maximum atomic E-state index is 13.9. The molecule has 0 unspecified atom stereocenters. The molecule has 0 saturated heterocycles. The first-order valence-electron chi connectivity index (χ1n) is 11.2. The Hall–Kier alpha value is -2.64. The molecule has 11 heteroatoms. The topological polar surface area (TPSA) is 99.4 Å². The van der Waals surface area contributed by atoms with Gasteiger partial charge < -0.3 is 19.3 Å². The van der Waals surface area contributed by atoms with Gasteiger partial charge in [-0.1, -0.05) is 27.3 Å². The zero-order chi connectivity index (χ0) is 27.0. The molecule has 0 bridgehead atoms. The quantitative estimate of drug-likeness (QED) is 0.305. The van der Waals surface area contributed by atoms with Crippen molar-refractivity contribution in [1.29, 1.82) is 0 Å². The molecule has 2 aromatic carbocycles. The number of halogens is 2. The van der Waals surface area contributed by atoms with Crippen molar-refractivity contribution in [2.45, 2.75) is 32.9 Å². The van der Waals surface area contributed by atoms with Crippen molar-refractivity contribution < 1.29 is 24.1 Å². The van der Waals surface area contributed by atoms with Crippen LogP contribution in [0.4, 0.5) is 0 Å². The molecule has 0 aliphatic carbocycles. The fraction of sp³-hybridized carbons (Fsp3) is 0.269. The number of phenols is 1. The number of carbonyl (C=O) groups excluding carboxylic acids is 1. The zero-order valence-electron chi connectivity index (χ0n) is 20.7. The van der Waals surface area contributed by atoms with E-state index in [0.29, 0.717) is 41.2 Å². The van der Waals surface area contributed by atoms with Crippen LogP contribution in [0.25, 0.3) is 6.08 Å². The molecular weight excluding hydrogens is 675 g/mol. The van der Waals surface area contributed by atoms with Crippen LogP contribution in [0.2, 0.25) is 0 Å². The minimum Gasteiger partial charge on any atom is -0.506 e. The summed E-state index contributed by atoms with van der Waals surface area (Å²) in [4.78, 5) is 32.2. The molecule has 194 valence electrons. The Kier molecular flexibility index (Phi) is 8.14. The second kappa shape index (κ2) is 11.0. The molecule has 0 amide bonds. The minimum absolute atomic E-state index is 0.0676. The summed E-state index contributed by atoms with van der Waals surface area (Å²) < 4.78 is 19.8. The summed E-state index contributed by atoms with van der Waals surface area (Å²) in [7, 11) is 3.06. The van der Waals surface area contributed by atoms with Crippen LogP contribution < -0.4 is 24.4 Å². The van der Waals surface area contributed by atoms with E-state index in [2.05, 4.69) is 20.9 Å². The van der Waals surface area contributed by atoms with Gasteiger partial charge in [0.1, 0.15) is 23.3 Å². The standard InChI is InChI=1S/C26H24BrIN2O6S/c1-12(2)36-25(33)21-13(3)29-26-30(22(21)17-11-16(34-4)6-7-19(17)35-5)24(32)20(37-26)9-14-8-15(27)10-18(28)23(14)31/h6-12,22,31H,1-5H3/b20-9-/t22-/m0/s1. The van der Waals surface area contributed by atoms with E-state index in [1.165, 1.54) is 30.1 Å². The van der Waals surface area contributed by atoms with Crippen molar-refractivity contribution in [3.05, 3.63) is 80.5 Å². The van der Waals surface area contributed by atoms with Gasteiger partial charge in [-0.15, -0.1) is 0 Å². The van der Waals surface area contributed by atoms with E-state index in [4.69, 9.17) is 14.2 Å². The molecule has 3 aromatic rings. The summed E-state index contributed by atoms with van der Waals surface area (Å²) in [6.45, 7) is 5.24. The third kappa shape index (κ3) is 5.34. The second-order valence-corrected chi connectivity index (χ2v) is 11.6. The Morgan fingerprint density at radius 1 is 1.24 bits per heavy atom. The van der Waals surface area contributed by atoms with Crippen LogP contribution in [-0.2, 0) is 9.53 Å². The van der Waals surface area contributed by atoms with Crippen LogP contribution in [0.3, 0.4) is 0 Å². The lowest BCUT2D eigenvalue weighted by Gasteiger charge is -2.26. The van der Waals surface area contributed by atoms with Gasteiger partial charge >= 0.3 is 5.97 Å². The van der Waals surface area contributed by atoms with E-state index in [0.717, 1.165) is 4.47 Å². The zero-order valence-corrected chi connectivity index (χ0v) is 25.2. The molecule has 1 aliphatic heterocycles. The second-order valence-electron chi connectivity index (χ2n) is 8.47. The molecule has 2 heterocycles. The molecular formula is C26H24BrIN2O6S. The number of phenolic OH excluding ortho intramolecular Hbond substituents is 1. The number of hydrogen-bond donors (Lipinski definition) is 1. The number of rotatable bonds is 6. The Morgan fingerprint density at radius 3 is 2.62 bits per heavy atom. The summed E-state index contributed by atoms with van der Waals surface area (Å²) in [5.41, 5.74) is 1.34. The van der Waals surface area contributed by atoms with Gasteiger partial charge in [0.25, 0.3) is 5.56 Å². The number of nitrogens with zero attached hydrogens (tertiary/aromatic N) is 2. The molecule has 0 saturated carbocycles. The summed E-state index contributed by atoms with van der Waals surface area (Å²) in [6.07, 6.45) is 1.25. The molecule has 1 atom stereocenters. The van der Waals surface area contributed by atoms with Crippen molar-refractivity contribution in [2.24, 2.45) is 4.99 Å². The van der Waals surface area contributed by atoms with Crippen LogP contribution in [0.15, 0.2) is 55.9 Å². The highest BCUT2D eigenvalue weighted by molar-refractivity contribution is 14.1. The van der Waals surface area contributed by atoms with Crippen LogP contribution in [0, 0.1) is 3.57 Å². The van der Waals surface area contributed by atoms with Gasteiger partial charge in [0.05, 0.1) is 39.7 Å². The Labute approximate surface area is 239 Å². The highest BCUT2D eigenvalue weighted by atomic mass is 127. The first-order valence-corrected chi connectivity index (χ1v) is 13.9. The number of hydrogen-bond acceptors (Lipinski definition) is 8. The molecule has 1 N–H and O–H groups in total. The predicted molar refractivity (Wildman–Crippen MR) is 153 cm³/mol. The molecule has 4 rings (SSSR count). The van der Waals surface area contributed by atoms with Gasteiger partial charge in [-0.05, 0) is 79.8 Å². The number of ether oxygens (including phenoxy) is 3. The SMILES string of the molecule is COc1ccc(OC)c([C@H]2C(C(=O)OC(C)C)=C(C)N=c3s/c(=C\c4cc(Br)cc(I)c4O)c(=O)n32)c1. The number of aromatic hydroxyl groups is 1. The lowest BCUT2D eigenvalue weighted by molar-refractivity contribution is -0.143. The highest BCUT2D eigenvalue weighted by Crippen LogP contribution is 2.38. The van der Waals surface area contributed by atoms with Gasteiger partial charge in [-0.2, -0.15) is 0 Å². The normalized spacial score (nSPS) is 15.5. The van der Waals surface area contributed by atoms with Crippen molar-refractivity contribution in [3.63, 3.8) is 0 Å². The Bertz CT molecular complexity index is 1610. The van der Waals surface area contributed by atoms with E-state index in [-0.39, 0.29) is 23.0 Å². The Morgan fingerprint density at radius 2 is 1.97 bits per heavy atom. The van der Waals surface area contributed by atoms with Crippen LogP contribution >= 0.6 is 49.9 Å². The van der Waals surface area contributed by atoms with Gasteiger partial charge in [-0.25, -0.2) is 9.79 Å². The van der Waals surface area contributed by atoms with Gasteiger partial charge in [0.2, 0.25) is 0 Å². The molecule has 8 nitrogen and oxygen atoms in total. The molecule has 0 spiro atoms. The number of benzene rings is 2. The summed E-state index contributed by atoms with van der Waals surface area (Å²) >= 11 is 6.64. The van der Waals surface area contributed by atoms with Crippen LogP contribution in [0.1, 0.15) is 37.9 Å². The van der Waals surface area contributed by atoms with Gasteiger partial charge in [0.15, 0.2) is 4.80 Å². The van der Waals surface area contributed by atoms with E-state index in [1.54, 1.807) is 57.2 Å². The number of thiazole rings is 1. The number of aromatic nitrogens is 1. The summed E-state index contributed by atoms with van der Waals surface area (Å²) in [5, 5.41) is 10.6. The van der Waals surface area contributed by atoms with Crippen molar-refractivity contribution in [3.8, 4) is 17.2 Å². The minimum atomic E-state index is -0.869. The van der Waals surface area contributed by atoms with Crippen LogP contribution in [0.5, 0.6) is 17.2 Å². The number of allylic oxidation sites excluding steroid dienone is 1. The number of methoxy groups -OCH3 is 2. The Balaban J connectivity index is 2.04. The maximum Gasteiger partial charge on any atom is 0.338 e. The maximum absolute atomic E-state index is 13.9. The van der Waals surface area contributed by atoms with E-state index in [9.17, 15) is 14.7 Å². The monoisotopic (exact) mass is 698 g/mol. The summed E-state index contributed by atoms with van der Waals surface area (Å²) in [5.74, 6) is 0.513. The molecule has 0 fully saturated rings. The summed E-state index contributed by atoms with van der Waals surface area (Å²) in [6, 6.07) is 7.85. The molecule has 37 heavy (non-hydrogen) atoms.